The molecule has 25 heavy (non-hydrogen) atoms. The number of rotatable bonds is 5. The molecule has 0 unspecified atom stereocenters. The van der Waals surface area contributed by atoms with E-state index in [1.165, 1.54) is 6.21 Å². The summed E-state index contributed by atoms with van der Waals surface area (Å²) in [4.78, 5) is 30.2. The highest BCUT2D eigenvalue weighted by Gasteiger charge is 2.09. The first-order chi connectivity index (χ1) is 12.0. The van der Waals surface area contributed by atoms with Crippen molar-refractivity contribution in [2.24, 2.45) is 10.9 Å². The molecular weight excluding hydrogens is 322 g/mol. The van der Waals surface area contributed by atoms with Crippen molar-refractivity contribution in [3.05, 3.63) is 59.4 Å². The van der Waals surface area contributed by atoms with Crippen LogP contribution >= 0.6 is 0 Å². The maximum absolute atomic E-state index is 12.3. The van der Waals surface area contributed by atoms with Gasteiger partial charge in [-0.25, -0.2) is 4.98 Å². The van der Waals surface area contributed by atoms with Crippen molar-refractivity contribution in [3.63, 3.8) is 0 Å². The van der Waals surface area contributed by atoms with E-state index in [9.17, 15) is 9.59 Å². The average Bonchev–Trinajstić information content (AvgIpc) is 2.96. The summed E-state index contributed by atoms with van der Waals surface area (Å²) in [6, 6.07) is 12.0. The number of aliphatic carboxylic acids is 1. The summed E-state index contributed by atoms with van der Waals surface area (Å²) in [5.41, 5.74) is 3.16. The van der Waals surface area contributed by atoms with Gasteiger partial charge in [-0.15, -0.1) is 0 Å². The lowest BCUT2D eigenvalue weighted by molar-refractivity contribution is -0.136. The van der Waals surface area contributed by atoms with Crippen LogP contribution < -0.4 is 11.2 Å². The molecule has 0 saturated carbocycles. The minimum atomic E-state index is -0.962. The Morgan fingerprint density at radius 3 is 2.68 bits per heavy atom. The highest BCUT2D eigenvalue weighted by Crippen LogP contribution is 2.18. The van der Waals surface area contributed by atoms with Crippen LogP contribution in [0.2, 0.25) is 0 Å². The van der Waals surface area contributed by atoms with Crippen molar-refractivity contribution in [1.29, 1.82) is 0 Å². The number of nitrogens with zero attached hydrogens (tertiary/aromatic N) is 2. The van der Waals surface area contributed by atoms with Gasteiger partial charge >= 0.3 is 5.97 Å². The number of nitrogens with two attached hydrogens (primary N) is 1. The van der Waals surface area contributed by atoms with E-state index in [2.05, 4.69) is 20.4 Å². The minimum absolute atomic E-state index is 0.186. The van der Waals surface area contributed by atoms with Gasteiger partial charge in [-0.1, -0.05) is 12.1 Å². The van der Waals surface area contributed by atoms with Gasteiger partial charge in [0, 0.05) is 11.3 Å². The maximum Gasteiger partial charge on any atom is 0.311 e. The Morgan fingerprint density at radius 1 is 1.24 bits per heavy atom. The van der Waals surface area contributed by atoms with Gasteiger partial charge in [0.1, 0.15) is 12.2 Å². The van der Waals surface area contributed by atoms with Crippen molar-refractivity contribution >= 4 is 34.8 Å². The quantitative estimate of drug-likeness (QED) is 0.320. The second-order valence-corrected chi connectivity index (χ2v) is 5.34. The summed E-state index contributed by atoms with van der Waals surface area (Å²) < 4.78 is 0. The fraction of sp³-hybridized carbons (Fsp3) is 0.0588. The first-order valence-electron chi connectivity index (χ1n) is 7.40. The molecule has 0 atom stereocenters. The van der Waals surface area contributed by atoms with Crippen LogP contribution in [0.15, 0.2) is 47.6 Å². The normalized spacial score (nSPS) is 11.0. The van der Waals surface area contributed by atoms with E-state index in [1.54, 1.807) is 42.5 Å². The number of carboxylic acids is 1. The van der Waals surface area contributed by atoms with E-state index in [1.807, 2.05) is 0 Å². The summed E-state index contributed by atoms with van der Waals surface area (Å²) in [7, 11) is 0. The third-order valence-electron chi connectivity index (χ3n) is 3.50. The number of anilines is 1. The Balaban J connectivity index is 1.77. The van der Waals surface area contributed by atoms with Gasteiger partial charge in [-0.05, 0) is 35.9 Å². The summed E-state index contributed by atoms with van der Waals surface area (Å²) >= 11 is 0. The number of aromatic amines is 1. The van der Waals surface area contributed by atoms with Gasteiger partial charge in [0.2, 0.25) is 0 Å². The number of hydrogen-bond donors (Lipinski definition) is 4. The third kappa shape index (κ3) is 3.81. The summed E-state index contributed by atoms with van der Waals surface area (Å²) in [6.07, 6.45) is 1.30. The number of aromatic nitrogens is 2. The zero-order valence-corrected chi connectivity index (χ0v) is 13.1. The number of fused-ring (bicyclic) bond motifs is 1. The highest BCUT2D eigenvalue weighted by molar-refractivity contribution is 6.05. The fourth-order valence-corrected chi connectivity index (χ4v) is 2.38. The molecule has 0 bridgehead atoms. The van der Waals surface area contributed by atoms with Crippen LogP contribution in [0.5, 0.6) is 0 Å². The fourth-order valence-electron chi connectivity index (χ4n) is 2.38. The summed E-state index contributed by atoms with van der Waals surface area (Å²) in [5, 5.41) is 15.0. The zero-order chi connectivity index (χ0) is 17.8. The van der Waals surface area contributed by atoms with Crippen molar-refractivity contribution in [1.82, 2.24) is 9.97 Å². The number of imidazole rings is 1. The van der Waals surface area contributed by atoms with Crippen molar-refractivity contribution < 1.29 is 14.7 Å². The van der Waals surface area contributed by atoms with Crippen LogP contribution in [0.25, 0.3) is 11.0 Å². The number of nitrogens with one attached hydrogen (secondary N) is 2. The van der Waals surface area contributed by atoms with Gasteiger partial charge in [0.05, 0.1) is 17.2 Å². The van der Waals surface area contributed by atoms with Crippen LogP contribution in [0, 0.1) is 0 Å². The van der Waals surface area contributed by atoms with Gasteiger partial charge < -0.3 is 21.2 Å². The molecule has 126 valence electrons. The van der Waals surface area contributed by atoms with Gasteiger partial charge in [0.25, 0.3) is 5.91 Å². The lowest BCUT2D eigenvalue weighted by Crippen LogP contribution is -2.11. The van der Waals surface area contributed by atoms with E-state index in [4.69, 9.17) is 10.9 Å². The molecule has 0 fully saturated rings. The van der Waals surface area contributed by atoms with Crippen molar-refractivity contribution in [3.8, 4) is 0 Å². The molecule has 0 saturated heterocycles. The SMILES string of the molecule is NN=Cc1ccc(C(=O)Nc2ccc3nc(CC(=O)O)[nH]c3c2)cc1. The molecule has 1 amide bonds. The van der Waals surface area contributed by atoms with E-state index >= 15 is 0 Å². The predicted octanol–water partition coefficient (Wildman–Crippen LogP) is 1.73. The topological polar surface area (TPSA) is 133 Å². The largest absolute Gasteiger partial charge is 0.481 e. The van der Waals surface area contributed by atoms with Crippen molar-refractivity contribution in [2.45, 2.75) is 6.42 Å². The standard InChI is InChI=1S/C17H15N5O3/c18-19-9-10-1-3-11(4-2-10)17(25)20-12-5-6-13-14(7-12)22-15(21-13)8-16(23)24/h1-7,9H,8,18H2,(H,20,25)(H,21,22)(H,23,24). The molecule has 0 aliphatic heterocycles. The Labute approximate surface area is 142 Å². The molecule has 5 N–H and O–H groups in total. The summed E-state index contributed by atoms with van der Waals surface area (Å²) in [5.74, 6) is 4.22. The molecule has 8 nitrogen and oxygen atoms in total. The molecule has 0 radical (unpaired) electrons. The lowest BCUT2D eigenvalue weighted by atomic mass is 10.1. The highest BCUT2D eigenvalue weighted by atomic mass is 16.4. The number of amides is 1. The van der Waals surface area contributed by atoms with Gasteiger partial charge in [0.15, 0.2) is 0 Å². The molecule has 3 rings (SSSR count). The van der Waals surface area contributed by atoms with Gasteiger partial charge in [-0.2, -0.15) is 5.10 Å². The molecule has 1 heterocycles. The smallest absolute Gasteiger partial charge is 0.311 e. The molecule has 2 aromatic carbocycles. The van der Waals surface area contributed by atoms with Gasteiger partial charge in [-0.3, -0.25) is 9.59 Å². The Bertz CT molecular complexity index is 960. The molecular formula is C17H15N5O3. The number of benzene rings is 2. The second-order valence-electron chi connectivity index (χ2n) is 5.34. The lowest BCUT2D eigenvalue weighted by Gasteiger charge is -2.05. The number of carboxylic acid groups (broad SMARTS) is 1. The zero-order valence-electron chi connectivity index (χ0n) is 13.1. The third-order valence-corrected chi connectivity index (χ3v) is 3.50. The molecule has 0 aliphatic carbocycles. The Kier molecular flexibility index (Phi) is 4.42. The van der Waals surface area contributed by atoms with E-state index in [-0.39, 0.29) is 12.3 Å². The number of hydrogen-bond acceptors (Lipinski definition) is 5. The number of H-pyrrole nitrogens is 1. The van der Waals surface area contributed by atoms with Crippen LogP contribution in [0.1, 0.15) is 21.7 Å². The maximum atomic E-state index is 12.3. The van der Waals surface area contributed by atoms with E-state index in [0.717, 1.165) is 5.56 Å². The number of carbonyl (C=O) groups is 2. The second kappa shape index (κ2) is 6.83. The molecule has 0 spiro atoms. The van der Waals surface area contributed by atoms with Crippen molar-refractivity contribution in [2.75, 3.05) is 5.32 Å². The van der Waals surface area contributed by atoms with Crippen LogP contribution in [-0.2, 0) is 11.2 Å². The van der Waals surface area contributed by atoms with Crippen LogP contribution in [-0.4, -0.2) is 33.2 Å². The van der Waals surface area contributed by atoms with Crippen LogP contribution in [0.4, 0.5) is 5.69 Å². The molecule has 3 aromatic rings. The molecule has 0 aliphatic rings. The average molecular weight is 337 g/mol. The monoisotopic (exact) mass is 337 g/mol. The first kappa shape index (κ1) is 16.2. The molecule has 1 aromatic heterocycles. The van der Waals surface area contributed by atoms with E-state index in [0.29, 0.717) is 28.1 Å². The summed E-state index contributed by atoms with van der Waals surface area (Å²) in [6.45, 7) is 0. The van der Waals surface area contributed by atoms with Crippen LogP contribution in [0.3, 0.4) is 0 Å². The Hall–Kier alpha value is -3.68. The Morgan fingerprint density at radius 2 is 2.00 bits per heavy atom. The minimum Gasteiger partial charge on any atom is -0.481 e. The number of carbonyl (C=O) groups excluding carboxylic acids is 1. The first-order valence-corrected chi connectivity index (χ1v) is 7.40. The number of hydrazone groups is 1. The predicted molar refractivity (Wildman–Crippen MR) is 93.6 cm³/mol. The van der Waals surface area contributed by atoms with E-state index < -0.39 is 5.97 Å². The molecule has 8 heteroatoms.